The number of piperazine rings is 1. The van der Waals surface area contributed by atoms with E-state index in [9.17, 15) is 4.79 Å². The quantitative estimate of drug-likeness (QED) is 0.891. The summed E-state index contributed by atoms with van der Waals surface area (Å²) < 4.78 is 0. The van der Waals surface area contributed by atoms with Crippen molar-refractivity contribution in [1.82, 2.24) is 20.3 Å². The maximum atomic E-state index is 12.0. The highest BCUT2D eigenvalue weighted by Gasteiger charge is 2.19. The first-order valence-corrected chi connectivity index (χ1v) is 8.64. The Morgan fingerprint density at radius 3 is 2.36 bits per heavy atom. The topological polar surface area (TPSA) is 74.2 Å². The first-order valence-electron chi connectivity index (χ1n) is 8.64. The summed E-state index contributed by atoms with van der Waals surface area (Å²) in [5.74, 6) is 1.08. The number of anilines is 2. The van der Waals surface area contributed by atoms with Crippen LogP contribution in [0.4, 0.5) is 11.6 Å². The molecule has 1 aliphatic rings. The molecule has 25 heavy (non-hydrogen) atoms. The van der Waals surface area contributed by atoms with Gasteiger partial charge in [0, 0.05) is 45.1 Å². The summed E-state index contributed by atoms with van der Waals surface area (Å²) in [7, 11) is 0. The molecule has 3 rings (SSSR count). The molecule has 1 amide bonds. The SMILES string of the molecule is CC(C)CNC(=O)c1ccc(N2CCN(c3ncccn3)CC2)cn1. The van der Waals surface area contributed by atoms with Crippen molar-refractivity contribution in [2.24, 2.45) is 5.92 Å². The largest absolute Gasteiger partial charge is 0.367 e. The molecule has 132 valence electrons. The number of pyridine rings is 1. The van der Waals surface area contributed by atoms with Gasteiger partial charge in [-0.3, -0.25) is 4.79 Å². The van der Waals surface area contributed by atoms with Crippen molar-refractivity contribution in [2.75, 3.05) is 42.5 Å². The Kier molecular flexibility index (Phi) is 5.42. The van der Waals surface area contributed by atoms with Crippen LogP contribution in [0.15, 0.2) is 36.8 Å². The molecule has 2 aromatic heterocycles. The van der Waals surface area contributed by atoms with E-state index in [1.165, 1.54) is 0 Å². The Balaban J connectivity index is 1.56. The molecule has 0 aromatic carbocycles. The van der Waals surface area contributed by atoms with E-state index in [0.29, 0.717) is 18.2 Å². The Morgan fingerprint density at radius 2 is 1.76 bits per heavy atom. The van der Waals surface area contributed by atoms with Gasteiger partial charge in [-0.05, 0) is 24.1 Å². The number of hydrogen-bond acceptors (Lipinski definition) is 6. The number of amides is 1. The number of carbonyl (C=O) groups is 1. The minimum Gasteiger partial charge on any atom is -0.367 e. The van der Waals surface area contributed by atoms with Gasteiger partial charge in [-0.1, -0.05) is 13.8 Å². The molecule has 0 saturated carbocycles. The van der Waals surface area contributed by atoms with Crippen LogP contribution in [-0.2, 0) is 0 Å². The summed E-state index contributed by atoms with van der Waals surface area (Å²) in [6, 6.07) is 5.58. The van der Waals surface area contributed by atoms with E-state index in [1.807, 2.05) is 12.1 Å². The van der Waals surface area contributed by atoms with Gasteiger partial charge >= 0.3 is 0 Å². The predicted molar refractivity (Wildman–Crippen MR) is 97.9 cm³/mol. The van der Waals surface area contributed by atoms with Crippen LogP contribution in [0.5, 0.6) is 0 Å². The third kappa shape index (κ3) is 4.43. The molecule has 0 bridgehead atoms. The molecular formula is C18H24N6O. The van der Waals surface area contributed by atoms with E-state index in [1.54, 1.807) is 24.7 Å². The van der Waals surface area contributed by atoms with E-state index in [-0.39, 0.29) is 5.91 Å². The molecule has 1 N–H and O–H groups in total. The van der Waals surface area contributed by atoms with Crippen molar-refractivity contribution in [3.8, 4) is 0 Å². The molecule has 0 aliphatic carbocycles. The minimum absolute atomic E-state index is 0.119. The van der Waals surface area contributed by atoms with Crippen LogP contribution in [0.3, 0.4) is 0 Å². The molecule has 0 spiro atoms. The maximum Gasteiger partial charge on any atom is 0.269 e. The van der Waals surface area contributed by atoms with Crippen LogP contribution in [0.1, 0.15) is 24.3 Å². The van der Waals surface area contributed by atoms with Gasteiger partial charge in [-0.25, -0.2) is 15.0 Å². The van der Waals surface area contributed by atoms with Gasteiger partial charge < -0.3 is 15.1 Å². The van der Waals surface area contributed by atoms with E-state index < -0.39 is 0 Å². The second-order valence-corrected chi connectivity index (χ2v) is 6.53. The van der Waals surface area contributed by atoms with Gasteiger partial charge in [0.2, 0.25) is 5.95 Å². The second-order valence-electron chi connectivity index (χ2n) is 6.53. The molecule has 0 radical (unpaired) electrons. The predicted octanol–water partition coefficient (Wildman–Crippen LogP) is 1.58. The number of aromatic nitrogens is 3. The molecule has 7 nitrogen and oxygen atoms in total. The number of rotatable bonds is 5. The minimum atomic E-state index is -0.119. The molecule has 1 saturated heterocycles. The summed E-state index contributed by atoms with van der Waals surface area (Å²) >= 11 is 0. The summed E-state index contributed by atoms with van der Waals surface area (Å²) in [5, 5.41) is 2.89. The highest BCUT2D eigenvalue weighted by molar-refractivity contribution is 5.92. The van der Waals surface area contributed by atoms with Crippen molar-refractivity contribution in [2.45, 2.75) is 13.8 Å². The Hall–Kier alpha value is -2.70. The van der Waals surface area contributed by atoms with Crippen molar-refractivity contribution in [1.29, 1.82) is 0 Å². The lowest BCUT2D eigenvalue weighted by Gasteiger charge is -2.35. The molecule has 2 aromatic rings. The van der Waals surface area contributed by atoms with Crippen LogP contribution in [-0.4, -0.2) is 53.6 Å². The zero-order valence-electron chi connectivity index (χ0n) is 14.7. The first-order chi connectivity index (χ1) is 12.1. The molecular weight excluding hydrogens is 316 g/mol. The summed E-state index contributed by atoms with van der Waals surface area (Å²) in [4.78, 5) is 29.4. The zero-order valence-corrected chi connectivity index (χ0v) is 14.7. The average molecular weight is 340 g/mol. The van der Waals surface area contributed by atoms with Gasteiger partial charge in [0.15, 0.2) is 0 Å². The van der Waals surface area contributed by atoms with Crippen LogP contribution >= 0.6 is 0 Å². The lowest BCUT2D eigenvalue weighted by Crippen LogP contribution is -2.47. The van der Waals surface area contributed by atoms with Gasteiger partial charge in [0.25, 0.3) is 5.91 Å². The molecule has 3 heterocycles. The van der Waals surface area contributed by atoms with Gasteiger partial charge in [-0.2, -0.15) is 0 Å². The number of nitrogens with zero attached hydrogens (tertiary/aromatic N) is 5. The fraction of sp³-hybridized carbons (Fsp3) is 0.444. The van der Waals surface area contributed by atoms with Crippen molar-refractivity contribution < 1.29 is 4.79 Å². The van der Waals surface area contributed by atoms with Gasteiger partial charge in [-0.15, -0.1) is 0 Å². The standard InChI is InChI=1S/C18H24N6O/c1-14(2)12-22-17(25)16-5-4-15(13-21-16)23-8-10-24(11-9-23)18-19-6-3-7-20-18/h3-7,13-14H,8-12H2,1-2H3,(H,22,25). The van der Waals surface area contributed by atoms with Crippen molar-refractivity contribution in [3.63, 3.8) is 0 Å². The third-order valence-corrected chi connectivity index (χ3v) is 4.13. The second kappa shape index (κ2) is 7.92. The third-order valence-electron chi connectivity index (χ3n) is 4.13. The highest BCUT2D eigenvalue weighted by Crippen LogP contribution is 2.17. The van der Waals surface area contributed by atoms with E-state index in [0.717, 1.165) is 37.8 Å². The molecule has 0 unspecified atom stereocenters. The first kappa shape index (κ1) is 17.1. The van der Waals surface area contributed by atoms with Crippen LogP contribution in [0, 0.1) is 5.92 Å². The van der Waals surface area contributed by atoms with Gasteiger partial charge in [0.1, 0.15) is 5.69 Å². The number of carbonyl (C=O) groups excluding carboxylic acids is 1. The molecule has 1 fully saturated rings. The summed E-state index contributed by atoms with van der Waals surface area (Å²) in [5.41, 5.74) is 1.50. The van der Waals surface area contributed by atoms with Crippen molar-refractivity contribution >= 4 is 17.5 Å². The number of nitrogens with one attached hydrogen (secondary N) is 1. The lowest BCUT2D eigenvalue weighted by molar-refractivity contribution is 0.0944. The van der Waals surface area contributed by atoms with Crippen LogP contribution < -0.4 is 15.1 Å². The molecule has 7 heteroatoms. The van der Waals surface area contributed by atoms with E-state index in [4.69, 9.17) is 0 Å². The normalized spacial score (nSPS) is 14.7. The molecule has 1 aliphatic heterocycles. The van der Waals surface area contributed by atoms with Crippen LogP contribution in [0.25, 0.3) is 0 Å². The molecule has 0 atom stereocenters. The zero-order chi connectivity index (χ0) is 17.6. The summed E-state index contributed by atoms with van der Waals surface area (Å²) in [6.07, 6.45) is 5.31. The van der Waals surface area contributed by atoms with E-state index >= 15 is 0 Å². The Bertz CT molecular complexity index is 680. The van der Waals surface area contributed by atoms with E-state index in [2.05, 4.69) is 43.9 Å². The maximum absolute atomic E-state index is 12.0. The van der Waals surface area contributed by atoms with Crippen LogP contribution in [0.2, 0.25) is 0 Å². The number of hydrogen-bond donors (Lipinski definition) is 1. The summed E-state index contributed by atoms with van der Waals surface area (Å²) in [6.45, 7) is 8.26. The fourth-order valence-corrected chi connectivity index (χ4v) is 2.71. The Morgan fingerprint density at radius 1 is 1.08 bits per heavy atom. The average Bonchev–Trinajstić information content (AvgIpc) is 2.67. The monoisotopic (exact) mass is 340 g/mol. The van der Waals surface area contributed by atoms with Crippen molar-refractivity contribution in [3.05, 3.63) is 42.5 Å². The lowest BCUT2D eigenvalue weighted by atomic mass is 10.2. The van der Waals surface area contributed by atoms with Gasteiger partial charge in [0.05, 0.1) is 11.9 Å². The smallest absolute Gasteiger partial charge is 0.269 e. The fourth-order valence-electron chi connectivity index (χ4n) is 2.71. The Labute approximate surface area is 148 Å². The highest BCUT2D eigenvalue weighted by atomic mass is 16.1.